The quantitative estimate of drug-likeness (QED) is 0.466. The minimum Gasteiger partial charge on any atom is -0.481 e. The summed E-state index contributed by atoms with van der Waals surface area (Å²) in [7, 11) is 1.49. The van der Waals surface area contributed by atoms with Crippen molar-refractivity contribution in [3.63, 3.8) is 0 Å². The fraction of sp³-hybridized carbons (Fsp3) is 0.158. The molecule has 0 unspecified atom stereocenters. The summed E-state index contributed by atoms with van der Waals surface area (Å²) in [5, 5.41) is 4.78. The van der Waals surface area contributed by atoms with Crippen LogP contribution in [0.3, 0.4) is 0 Å². The van der Waals surface area contributed by atoms with Crippen LogP contribution in [-0.4, -0.2) is 31.4 Å². The van der Waals surface area contributed by atoms with E-state index in [-0.39, 0.29) is 17.3 Å². The minimum atomic E-state index is -0.730. The van der Waals surface area contributed by atoms with Crippen molar-refractivity contribution >= 4 is 11.3 Å². The summed E-state index contributed by atoms with van der Waals surface area (Å²) in [6.07, 6.45) is 2.76. The van der Waals surface area contributed by atoms with Gasteiger partial charge in [-0.15, -0.1) is 0 Å². The number of hydrogen-bond donors (Lipinski definition) is 0. The van der Waals surface area contributed by atoms with E-state index in [1.54, 1.807) is 19.1 Å². The Balaban J connectivity index is 1.62. The molecule has 11 heteroatoms. The molecular formula is C19H15F2N5O3S. The lowest BCUT2D eigenvalue weighted by Gasteiger charge is -2.04. The number of aryl methyl sites for hydroxylation is 1. The SMILES string of the molecule is COc1cc(Oc2nc(C)c(-n3ncn(Cc4c(F)cccc4F)c3=O)s2)ccn1. The molecule has 4 rings (SSSR count). The first kappa shape index (κ1) is 19.7. The van der Waals surface area contributed by atoms with Crippen LogP contribution in [0.2, 0.25) is 0 Å². The Kier molecular flexibility index (Phi) is 5.27. The lowest BCUT2D eigenvalue weighted by Crippen LogP contribution is -2.24. The van der Waals surface area contributed by atoms with Crippen molar-refractivity contribution < 1.29 is 18.3 Å². The highest BCUT2D eigenvalue weighted by Crippen LogP contribution is 2.31. The Morgan fingerprint density at radius 1 is 1.20 bits per heavy atom. The lowest BCUT2D eigenvalue weighted by atomic mass is 10.2. The van der Waals surface area contributed by atoms with E-state index in [2.05, 4.69) is 15.1 Å². The number of ether oxygens (including phenoxy) is 2. The third-order valence-electron chi connectivity index (χ3n) is 4.19. The molecule has 3 aromatic heterocycles. The van der Waals surface area contributed by atoms with Gasteiger partial charge in [-0.05, 0) is 25.1 Å². The molecule has 30 heavy (non-hydrogen) atoms. The average molecular weight is 431 g/mol. The van der Waals surface area contributed by atoms with Gasteiger partial charge in [0.2, 0.25) is 5.88 Å². The molecule has 4 aromatic rings. The molecule has 0 radical (unpaired) electrons. The van der Waals surface area contributed by atoms with Gasteiger partial charge in [0.05, 0.1) is 19.3 Å². The monoisotopic (exact) mass is 431 g/mol. The zero-order valence-electron chi connectivity index (χ0n) is 15.9. The van der Waals surface area contributed by atoms with Crippen LogP contribution in [0, 0.1) is 18.6 Å². The normalized spacial score (nSPS) is 10.9. The molecule has 0 aliphatic carbocycles. The number of methoxy groups -OCH3 is 1. The van der Waals surface area contributed by atoms with E-state index < -0.39 is 17.3 Å². The minimum absolute atomic E-state index is 0.212. The smallest absolute Gasteiger partial charge is 0.351 e. The topological polar surface area (TPSA) is 84.1 Å². The van der Waals surface area contributed by atoms with Crippen LogP contribution in [-0.2, 0) is 6.54 Å². The first-order valence-electron chi connectivity index (χ1n) is 8.69. The maximum Gasteiger partial charge on any atom is 0.351 e. The largest absolute Gasteiger partial charge is 0.481 e. The molecule has 0 spiro atoms. The van der Waals surface area contributed by atoms with Crippen molar-refractivity contribution in [1.29, 1.82) is 0 Å². The van der Waals surface area contributed by atoms with E-state index in [0.717, 1.165) is 32.7 Å². The Labute approximate surface area is 173 Å². The molecule has 0 atom stereocenters. The maximum atomic E-state index is 13.9. The highest BCUT2D eigenvalue weighted by Gasteiger charge is 2.18. The van der Waals surface area contributed by atoms with E-state index in [0.29, 0.717) is 22.3 Å². The molecular weight excluding hydrogens is 416 g/mol. The van der Waals surface area contributed by atoms with Gasteiger partial charge in [-0.3, -0.25) is 4.57 Å². The van der Waals surface area contributed by atoms with Gasteiger partial charge in [0.1, 0.15) is 28.7 Å². The zero-order chi connectivity index (χ0) is 21.3. The van der Waals surface area contributed by atoms with Gasteiger partial charge in [0, 0.05) is 17.8 Å². The summed E-state index contributed by atoms with van der Waals surface area (Å²) in [5.41, 5.74) is -0.252. The van der Waals surface area contributed by atoms with Gasteiger partial charge in [-0.1, -0.05) is 17.4 Å². The standard InChI is InChI=1S/C19H15F2N5O3S/c1-11-17(30-18(24-11)29-12-6-7-22-16(8-12)28-2)26-19(27)25(10-23-26)9-13-14(20)4-3-5-15(13)21/h3-8,10H,9H2,1-2H3. The second-order valence-electron chi connectivity index (χ2n) is 6.16. The van der Waals surface area contributed by atoms with Crippen LogP contribution >= 0.6 is 11.3 Å². The third-order valence-corrected chi connectivity index (χ3v) is 5.20. The van der Waals surface area contributed by atoms with Crippen LogP contribution in [0.5, 0.6) is 16.8 Å². The van der Waals surface area contributed by atoms with E-state index in [4.69, 9.17) is 9.47 Å². The average Bonchev–Trinajstić information content (AvgIpc) is 3.26. The summed E-state index contributed by atoms with van der Waals surface area (Å²) < 4.78 is 40.8. The fourth-order valence-electron chi connectivity index (χ4n) is 2.71. The number of thiazole rings is 1. The van der Waals surface area contributed by atoms with E-state index in [1.807, 2.05) is 0 Å². The van der Waals surface area contributed by atoms with Crippen molar-refractivity contribution in [2.75, 3.05) is 7.11 Å². The van der Waals surface area contributed by atoms with Crippen LogP contribution < -0.4 is 15.2 Å². The second kappa shape index (κ2) is 8.03. The van der Waals surface area contributed by atoms with Crippen molar-refractivity contribution in [3.05, 3.63) is 76.2 Å². The Morgan fingerprint density at radius 2 is 1.97 bits per heavy atom. The van der Waals surface area contributed by atoms with Crippen molar-refractivity contribution in [2.24, 2.45) is 0 Å². The molecule has 0 saturated heterocycles. The maximum absolute atomic E-state index is 13.9. The molecule has 0 saturated carbocycles. The summed E-state index contributed by atoms with van der Waals surface area (Å²) in [6.45, 7) is 1.42. The summed E-state index contributed by atoms with van der Waals surface area (Å²) in [6, 6.07) is 6.78. The third kappa shape index (κ3) is 3.79. The molecule has 0 bridgehead atoms. The molecule has 0 fully saturated rings. The van der Waals surface area contributed by atoms with Crippen LogP contribution in [0.4, 0.5) is 8.78 Å². The highest BCUT2D eigenvalue weighted by molar-refractivity contribution is 7.16. The van der Waals surface area contributed by atoms with Crippen molar-refractivity contribution in [3.8, 4) is 21.8 Å². The van der Waals surface area contributed by atoms with Gasteiger partial charge >= 0.3 is 5.69 Å². The summed E-state index contributed by atoms with van der Waals surface area (Å²) >= 11 is 1.11. The number of rotatable bonds is 6. The van der Waals surface area contributed by atoms with E-state index in [1.165, 1.54) is 25.7 Å². The van der Waals surface area contributed by atoms with Crippen LogP contribution in [0.15, 0.2) is 47.7 Å². The molecule has 3 heterocycles. The predicted molar refractivity (Wildman–Crippen MR) is 105 cm³/mol. The molecule has 1 aromatic carbocycles. The van der Waals surface area contributed by atoms with Gasteiger partial charge in [-0.25, -0.2) is 23.5 Å². The van der Waals surface area contributed by atoms with Gasteiger partial charge in [0.15, 0.2) is 0 Å². The highest BCUT2D eigenvalue weighted by atomic mass is 32.1. The Bertz CT molecular complexity index is 1250. The first-order chi connectivity index (χ1) is 14.5. The van der Waals surface area contributed by atoms with Crippen LogP contribution in [0.1, 0.15) is 11.3 Å². The zero-order valence-corrected chi connectivity index (χ0v) is 16.7. The number of pyridine rings is 1. The fourth-order valence-corrected chi connectivity index (χ4v) is 3.60. The molecule has 0 amide bonds. The number of nitrogens with zero attached hydrogens (tertiary/aromatic N) is 5. The van der Waals surface area contributed by atoms with Gasteiger partial charge in [-0.2, -0.15) is 9.78 Å². The number of hydrogen-bond acceptors (Lipinski definition) is 7. The van der Waals surface area contributed by atoms with E-state index in [9.17, 15) is 13.6 Å². The van der Waals surface area contributed by atoms with Gasteiger partial charge in [0.25, 0.3) is 5.19 Å². The molecule has 0 aliphatic rings. The number of benzene rings is 1. The number of aromatic nitrogens is 5. The first-order valence-corrected chi connectivity index (χ1v) is 9.51. The van der Waals surface area contributed by atoms with Crippen molar-refractivity contribution in [2.45, 2.75) is 13.5 Å². The Hall–Kier alpha value is -3.60. The van der Waals surface area contributed by atoms with Crippen LogP contribution in [0.25, 0.3) is 5.00 Å². The van der Waals surface area contributed by atoms with Crippen molar-refractivity contribution in [1.82, 2.24) is 24.3 Å². The predicted octanol–water partition coefficient (Wildman–Crippen LogP) is 3.32. The lowest BCUT2D eigenvalue weighted by molar-refractivity contribution is 0.392. The van der Waals surface area contributed by atoms with Gasteiger partial charge < -0.3 is 9.47 Å². The second-order valence-corrected chi connectivity index (χ2v) is 7.10. The molecule has 154 valence electrons. The molecule has 0 aliphatic heterocycles. The molecule has 0 N–H and O–H groups in total. The van der Waals surface area contributed by atoms with E-state index >= 15 is 0 Å². The summed E-state index contributed by atoms with van der Waals surface area (Å²) in [4.78, 5) is 21.0. The number of halogens is 2. The Morgan fingerprint density at radius 3 is 2.70 bits per heavy atom. The summed E-state index contributed by atoms with van der Waals surface area (Å²) in [5.74, 6) is -0.606. The molecule has 8 nitrogen and oxygen atoms in total.